The fourth-order valence-electron chi connectivity index (χ4n) is 2.81. The van der Waals surface area contributed by atoms with Crippen molar-refractivity contribution in [3.8, 4) is 0 Å². The van der Waals surface area contributed by atoms with E-state index in [-0.39, 0.29) is 38.4 Å². The summed E-state index contributed by atoms with van der Waals surface area (Å²) >= 11 is 11.7. The summed E-state index contributed by atoms with van der Waals surface area (Å²) in [6.07, 6.45) is -5.47. The molecule has 0 bridgehead atoms. The van der Waals surface area contributed by atoms with Crippen molar-refractivity contribution in [1.29, 1.82) is 0 Å². The summed E-state index contributed by atoms with van der Waals surface area (Å²) in [5.74, 6) is -0.154. The number of oxime groups is 1. The predicted molar refractivity (Wildman–Crippen MR) is 93.3 cm³/mol. The lowest BCUT2D eigenvalue weighted by atomic mass is 9.87. The molecule has 0 saturated heterocycles. The van der Waals surface area contributed by atoms with Crippen molar-refractivity contribution in [1.82, 2.24) is 5.32 Å². The summed E-state index contributed by atoms with van der Waals surface area (Å²) in [6, 6.07) is 4.90. The molecule has 0 radical (unpaired) electrons. The minimum Gasteiger partial charge on any atom is -0.459 e. The highest BCUT2D eigenvalue weighted by atomic mass is 35.5. The van der Waals surface area contributed by atoms with Crippen molar-refractivity contribution in [2.45, 2.75) is 25.1 Å². The second kappa shape index (κ2) is 6.76. The lowest BCUT2D eigenvalue weighted by Crippen LogP contribution is -2.42. The monoisotopic (exact) mass is 420 g/mol. The van der Waals surface area contributed by atoms with E-state index in [4.69, 9.17) is 32.5 Å². The van der Waals surface area contributed by atoms with Gasteiger partial charge >= 0.3 is 6.18 Å². The first-order valence-corrected chi connectivity index (χ1v) is 8.44. The second-order valence-electron chi connectivity index (χ2n) is 5.95. The number of carbonyl (C=O) groups excluding carboxylic acids is 1. The van der Waals surface area contributed by atoms with Gasteiger partial charge in [-0.15, -0.1) is 0 Å². The number of carbonyl (C=O) groups is 1. The smallest absolute Gasteiger partial charge is 0.435 e. The van der Waals surface area contributed by atoms with Gasteiger partial charge in [-0.1, -0.05) is 28.4 Å². The Hall–Kier alpha value is -2.19. The molecule has 1 aliphatic rings. The Morgan fingerprint density at radius 3 is 2.41 bits per heavy atom. The summed E-state index contributed by atoms with van der Waals surface area (Å²) in [7, 11) is 1.43. The molecule has 144 valence electrons. The van der Waals surface area contributed by atoms with Gasteiger partial charge in [0.1, 0.15) is 11.5 Å². The quantitative estimate of drug-likeness (QED) is 0.772. The van der Waals surface area contributed by atoms with Crippen molar-refractivity contribution in [2.75, 3.05) is 7.05 Å². The number of amides is 1. The van der Waals surface area contributed by atoms with Crippen LogP contribution in [0.25, 0.3) is 0 Å². The number of aryl methyl sites for hydroxylation is 1. The van der Waals surface area contributed by atoms with Gasteiger partial charge in [-0.25, -0.2) is 0 Å². The van der Waals surface area contributed by atoms with Crippen LogP contribution >= 0.6 is 23.2 Å². The zero-order chi connectivity index (χ0) is 20.0. The second-order valence-corrected chi connectivity index (χ2v) is 6.82. The van der Waals surface area contributed by atoms with Gasteiger partial charge in [0.2, 0.25) is 0 Å². The number of nitrogens with one attached hydrogen (secondary N) is 1. The molecule has 2 heterocycles. The molecule has 1 amide bonds. The fourth-order valence-corrected chi connectivity index (χ4v) is 3.33. The fraction of sp³-hybridized carbons (Fsp3) is 0.294. The van der Waals surface area contributed by atoms with Gasteiger partial charge in [-0.3, -0.25) is 4.79 Å². The van der Waals surface area contributed by atoms with Crippen LogP contribution in [-0.2, 0) is 10.4 Å². The maximum Gasteiger partial charge on any atom is 0.435 e. The van der Waals surface area contributed by atoms with Gasteiger partial charge < -0.3 is 14.6 Å². The highest BCUT2D eigenvalue weighted by molar-refractivity contribution is 6.34. The van der Waals surface area contributed by atoms with E-state index < -0.39 is 24.1 Å². The molecule has 27 heavy (non-hydrogen) atoms. The van der Waals surface area contributed by atoms with E-state index in [0.717, 1.165) is 12.1 Å². The van der Waals surface area contributed by atoms with E-state index >= 15 is 0 Å². The molecule has 1 aromatic carbocycles. The van der Waals surface area contributed by atoms with E-state index in [1.807, 2.05) is 0 Å². The van der Waals surface area contributed by atoms with Crippen LogP contribution in [0.15, 0.2) is 33.8 Å². The number of furan rings is 1. The largest absolute Gasteiger partial charge is 0.459 e. The zero-order valence-corrected chi connectivity index (χ0v) is 15.6. The maximum atomic E-state index is 13.9. The van der Waals surface area contributed by atoms with Crippen LogP contribution < -0.4 is 5.32 Å². The summed E-state index contributed by atoms with van der Waals surface area (Å²) in [5.41, 5.74) is -2.92. The molecule has 0 spiro atoms. The molecule has 1 atom stereocenters. The van der Waals surface area contributed by atoms with Gasteiger partial charge in [0.15, 0.2) is 5.76 Å². The third-order valence-electron chi connectivity index (χ3n) is 4.19. The molecule has 1 aromatic heterocycles. The van der Waals surface area contributed by atoms with Gasteiger partial charge in [-0.2, -0.15) is 13.2 Å². The molecule has 5 nitrogen and oxygen atoms in total. The number of rotatable bonds is 3. The summed E-state index contributed by atoms with van der Waals surface area (Å²) in [4.78, 5) is 16.7. The normalized spacial score (nSPS) is 19.6. The first-order chi connectivity index (χ1) is 12.6. The number of alkyl halides is 3. The highest BCUT2D eigenvalue weighted by Crippen LogP contribution is 2.49. The van der Waals surface area contributed by atoms with E-state index in [1.165, 1.54) is 26.1 Å². The van der Waals surface area contributed by atoms with Crippen LogP contribution in [0.3, 0.4) is 0 Å². The Bertz CT molecular complexity index is 920. The average Bonchev–Trinajstić information content (AvgIpc) is 3.17. The Morgan fingerprint density at radius 1 is 1.22 bits per heavy atom. The van der Waals surface area contributed by atoms with Crippen LogP contribution in [0.5, 0.6) is 0 Å². The number of benzene rings is 1. The van der Waals surface area contributed by atoms with Gasteiger partial charge in [0.05, 0.1) is 12.0 Å². The first-order valence-electron chi connectivity index (χ1n) is 7.68. The number of hydrogen-bond acceptors (Lipinski definition) is 4. The zero-order valence-electron chi connectivity index (χ0n) is 14.1. The SMILES string of the molecule is CNC(=O)c1cc(C2=NOC(c3cc(Cl)cc(Cl)c3)(C(F)(F)F)C2)oc1C. The van der Waals surface area contributed by atoms with Gasteiger partial charge in [0.25, 0.3) is 11.5 Å². The van der Waals surface area contributed by atoms with Crippen LogP contribution in [0, 0.1) is 6.92 Å². The van der Waals surface area contributed by atoms with E-state index in [9.17, 15) is 18.0 Å². The highest BCUT2D eigenvalue weighted by Gasteiger charge is 2.62. The Kier molecular flexibility index (Phi) is 4.90. The van der Waals surface area contributed by atoms with Crippen molar-refractivity contribution in [3.05, 3.63) is 57.0 Å². The molecule has 1 N–H and O–H groups in total. The van der Waals surface area contributed by atoms with Crippen LogP contribution in [0.2, 0.25) is 10.0 Å². The summed E-state index contributed by atoms with van der Waals surface area (Å²) < 4.78 is 47.2. The van der Waals surface area contributed by atoms with Crippen LogP contribution in [0.1, 0.15) is 33.9 Å². The van der Waals surface area contributed by atoms with Crippen molar-refractivity contribution in [2.24, 2.45) is 5.16 Å². The molecule has 0 aliphatic carbocycles. The van der Waals surface area contributed by atoms with E-state index in [2.05, 4.69) is 10.5 Å². The molecule has 10 heteroatoms. The molecule has 0 saturated carbocycles. The molecule has 1 aliphatic heterocycles. The number of halogens is 5. The molecular weight excluding hydrogens is 408 g/mol. The third kappa shape index (κ3) is 3.39. The molecular formula is C17H13Cl2F3N2O3. The molecule has 3 rings (SSSR count). The van der Waals surface area contributed by atoms with Crippen LogP contribution in [-0.4, -0.2) is 24.8 Å². The van der Waals surface area contributed by atoms with Crippen LogP contribution in [0.4, 0.5) is 13.2 Å². The summed E-state index contributed by atoms with van der Waals surface area (Å²) in [6.45, 7) is 1.53. The topological polar surface area (TPSA) is 63.8 Å². The molecule has 2 aromatic rings. The third-order valence-corrected chi connectivity index (χ3v) is 4.63. The minimum absolute atomic E-state index is 0.0188. The first kappa shape index (κ1) is 19.6. The van der Waals surface area contributed by atoms with Crippen molar-refractivity contribution < 1.29 is 27.2 Å². The van der Waals surface area contributed by atoms with Crippen molar-refractivity contribution >= 4 is 34.8 Å². The van der Waals surface area contributed by atoms with Gasteiger partial charge in [-0.05, 0) is 31.2 Å². The Balaban J connectivity index is 2.02. The van der Waals surface area contributed by atoms with E-state index in [0.29, 0.717) is 0 Å². The standard InChI is InChI=1S/C17H13Cl2F3N2O3/c1-8-12(15(25)23-2)6-14(26-8)13-7-16(27-24-13,17(20,21)22)9-3-10(18)5-11(19)4-9/h3-6H,7H2,1-2H3,(H,23,25). The average molecular weight is 421 g/mol. The molecule has 0 fully saturated rings. The van der Waals surface area contributed by atoms with Crippen molar-refractivity contribution in [3.63, 3.8) is 0 Å². The Labute approximate surface area is 162 Å². The maximum absolute atomic E-state index is 13.9. The lowest BCUT2D eigenvalue weighted by molar-refractivity contribution is -0.275. The minimum atomic E-state index is -4.81. The van der Waals surface area contributed by atoms with Gasteiger partial charge in [0, 0.05) is 22.7 Å². The number of hydrogen-bond donors (Lipinski definition) is 1. The Morgan fingerprint density at radius 2 is 1.85 bits per heavy atom. The molecule has 1 unspecified atom stereocenters. The van der Waals surface area contributed by atoms with E-state index in [1.54, 1.807) is 0 Å². The number of nitrogens with zero attached hydrogens (tertiary/aromatic N) is 1. The summed E-state index contributed by atoms with van der Waals surface area (Å²) in [5, 5.41) is 6.08. The lowest BCUT2D eigenvalue weighted by Gasteiger charge is -2.29. The predicted octanol–water partition coefficient (Wildman–Crippen LogP) is 4.84.